The maximum absolute atomic E-state index is 13.9. The second-order valence-corrected chi connectivity index (χ2v) is 11.4. The minimum Gasteiger partial charge on any atom is -0.497 e. The second kappa shape index (κ2) is 15.6. The molecule has 1 aromatic heterocycles. The zero-order valence-corrected chi connectivity index (χ0v) is 27.3. The average Bonchev–Trinajstić information content (AvgIpc) is 3.11. The molecule has 3 amide bonds. The Labute approximate surface area is 282 Å². The van der Waals surface area contributed by atoms with E-state index in [1.54, 1.807) is 50.6 Å². The lowest BCUT2D eigenvalue weighted by Crippen LogP contribution is -2.46. The zero-order chi connectivity index (χ0) is 34.9. The number of amides is 3. The highest BCUT2D eigenvalue weighted by Crippen LogP contribution is 2.20. The van der Waals surface area contributed by atoms with E-state index in [1.807, 2.05) is 66.7 Å². The van der Waals surface area contributed by atoms with Gasteiger partial charge in [-0.1, -0.05) is 66.7 Å². The number of ether oxygens (including phenoxy) is 2. The van der Waals surface area contributed by atoms with Crippen molar-refractivity contribution < 1.29 is 28.7 Å². The summed E-state index contributed by atoms with van der Waals surface area (Å²) in [7, 11) is 2.69. The van der Waals surface area contributed by atoms with Crippen LogP contribution in [0.3, 0.4) is 0 Å². The zero-order valence-electron chi connectivity index (χ0n) is 27.3. The van der Waals surface area contributed by atoms with Gasteiger partial charge in [0.15, 0.2) is 0 Å². The number of hydrogen-bond donors (Lipinski definition) is 3. The quantitative estimate of drug-likeness (QED) is 0.141. The number of carbonyl (C=O) groups is 4. The van der Waals surface area contributed by atoms with Crippen molar-refractivity contribution in [3.05, 3.63) is 136 Å². The highest BCUT2D eigenvalue weighted by Gasteiger charge is 2.24. The van der Waals surface area contributed by atoms with Gasteiger partial charge < -0.3 is 30.0 Å². The fourth-order valence-electron chi connectivity index (χ4n) is 5.39. The summed E-state index contributed by atoms with van der Waals surface area (Å²) in [5.74, 6) is -2.21. The summed E-state index contributed by atoms with van der Waals surface area (Å²) in [6.07, 6.45) is 1.77. The number of rotatable bonds is 11. The molecule has 11 heteroatoms. The number of pyridine rings is 1. The van der Waals surface area contributed by atoms with Crippen molar-refractivity contribution >= 4 is 45.8 Å². The van der Waals surface area contributed by atoms with E-state index in [0.717, 1.165) is 29.0 Å². The van der Waals surface area contributed by atoms with E-state index in [9.17, 15) is 24.0 Å². The molecule has 0 aliphatic rings. The van der Waals surface area contributed by atoms with Crippen molar-refractivity contribution in [1.82, 2.24) is 9.88 Å². The van der Waals surface area contributed by atoms with Crippen LogP contribution in [0.5, 0.6) is 5.75 Å². The number of methoxy groups -OCH3 is 2. The number of fused-ring (bicyclic) bond motifs is 1. The summed E-state index contributed by atoms with van der Waals surface area (Å²) in [6, 6.07) is 27.9. The first-order valence-corrected chi connectivity index (χ1v) is 15.5. The second-order valence-electron chi connectivity index (χ2n) is 11.4. The Morgan fingerprint density at radius 2 is 1.49 bits per heavy atom. The average molecular weight is 661 g/mol. The lowest BCUT2D eigenvalue weighted by molar-refractivity contribution is -0.150. The molecule has 1 unspecified atom stereocenters. The topological polar surface area (TPSA) is 145 Å². The molecule has 5 rings (SSSR count). The van der Waals surface area contributed by atoms with E-state index in [4.69, 9.17) is 4.74 Å². The number of aromatic nitrogens is 1. The minimum absolute atomic E-state index is 0.0304. The van der Waals surface area contributed by atoms with E-state index < -0.39 is 29.4 Å². The van der Waals surface area contributed by atoms with Crippen LogP contribution in [0.2, 0.25) is 0 Å². The third-order valence-electron chi connectivity index (χ3n) is 8.04. The van der Waals surface area contributed by atoms with Crippen LogP contribution in [-0.4, -0.2) is 48.5 Å². The van der Waals surface area contributed by atoms with Gasteiger partial charge in [0.25, 0.3) is 5.56 Å². The molecule has 0 saturated carbocycles. The largest absolute Gasteiger partial charge is 0.497 e. The van der Waals surface area contributed by atoms with Crippen LogP contribution < -0.4 is 26.2 Å². The summed E-state index contributed by atoms with van der Waals surface area (Å²) >= 11 is 0. The molecular weight excluding hydrogens is 624 g/mol. The fraction of sp³-hybridized carbons (Fsp3) is 0.184. The standard InChI is InChI=1S/C38H36N4O7/c1-24-19-20-42(23-26-13-17-30(48-2)18-14-26)37(46)34(24)41-35(44)32(21-25-11-15-29(16-12-25)39-36(45)38(47)49-3)40-33(43)22-28-9-6-8-27-7-4-5-10-31(27)28/h4-20,32H,21-23H2,1-3H3,(H,39,45)(H,40,43)(H,41,44). The Kier molecular flexibility index (Phi) is 10.8. The van der Waals surface area contributed by atoms with Crippen molar-refractivity contribution in [3.63, 3.8) is 0 Å². The molecule has 5 aromatic rings. The van der Waals surface area contributed by atoms with Crippen LogP contribution in [0.4, 0.5) is 11.4 Å². The Morgan fingerprint density at radius 1 is 0.796 bits per heavy atom. The van der Waals surface area contributed by atoms with E-state index in [0.29, 0.717) is 22.6 Å². The number of benzene rings is 4. The lowest BCUT2D eigenvalue weighted by Gasteiger charge is -2.20. The molecule has 0 bridgehead atoms. The van der Waals surface area contributed by atoms with E-state index in [1.165, 1.54) is 4.57 Å². The van der Waals surface area contributed by atoms with E-state index >= 15 is 0 Å². The number of nitrogens with zero attached hydrogens (tertiary/aromatic N) is 1. The summed E-state index contributed by atoms with van der Waals surface area (Å²) in [5, 5.41) is 10.0. The van der Waals surface area contributed by atoms with Crippen LogP contribution in [0.1, 0.15) is 22.3 Å². The van der Waals surface area contributed by atoms with Gasteiger partial charge in [0.05, 0.1) is 27.2 Å². The molecule has 1 heterocycles. The van der Waals surface area contributed by atoms with Gasteiger partial charge >= 0.3 is 11.9 Å². The third kappa shape index (κ3) is 8.58. The highest BCUT2D eigenvalue weighted by molar-refractivity contribution is 6.37. The Balaban J connectivity index is 1.38. The summed E-state index contributed by atoms with van der Waals surface area (Å²) in [6.45, 7) is 2.00. The molecular formula is C38H36N4O7. The first-order chi connectivity index (χ1) is 23.6. The van der Waals surface area contributed by atoms with Crippen LogP contribution >= 0.6 is 0 Å². The van der Waals surface area contributed by atoms with Crippen LogP contribution in [-0.2, 0) is 43.3 Å². The molecule has 49 heavy (non-hydrogen) atoms. The summed E-state index contributed by atoms with van der Waals surface area (Å²) in [4.78, 5) is 64.3. The van der Waals surface area contributed by atoms with Crippen LogP contribution in [0.25, 0.3) is 10.8 Å². The monoisotopic (exact) mass is 660 g/mol. The van der Waals surface area contributed by atoms with Gasteiger partial charge in [-0.3, -0.25) is 19.2 Å². The lowest BCUT2D eigenvalue weighted by atomic mass is 10.0. The van der Waals surface area contributed by atoms with Gasteiger partial charge in [-0.25, -0.2) is 4.79 Å². The number of anilines is 2. The first-order valence-electron chi connectivity index (χ1n) is 15.5. The third-order valence-corrected chi connectivity index (χ3v) is 8.04. The molecule has 0 aliphatic carbocycles. The number of esters is 1. The normalized spacial score (nSPS) is 11.3. The number of carbonyl (C=O) groups excluding carboxylic acids is 4. The summed E-state index contributed by atoms with van der Waals surface area (Å²) < 4.78 is 11.2. The van der Waals surface area contributed by atoms with Crippen molar-refractivity contribution in [2.24, 2.45) is 0 Å². The molecule has 3 N–H and O–H groups in total. The van der Waals surface area contributed by atoms with E-state index in [-0.39, 0.29) is 31.0 Å². The summed E-state index contributed by atoms with van der Waals surface area (Å²) in [5.41, 5.74) is 2.96. The number of aryl methyl sites for hydroxylation is 1. The van der Waals surface area contributed by atoms with Crippen LogP contribution in [0.15, 0.2) is 108 Å². The van der Waals surface area contributed by atoms with E-state index in [2.05, 4.69) is 20.7 Å². The smallest absolute Gasteiger partial charge is 0.396 e. The molecule has 250 valence electrons. The van der Waals surface area contributed by atoms with Crippen molar-refractivity contribution in [2.75, 3.05) is 24.9 Å². The molecule has 0 spiro atoms. The van der Waals surface area contributed by atoms with Crippen molar-refractivity contribution in [3.8, 4) is 5.75 Å². The Morgan fingerprint density at radius 3 is 2.20 bits per heavy atom. The molecule has 1 atom stereocenters. The van der Waals surface area contributed by atoms with Gasteiger partial charge in [-0.15, -0.1) is 0 Å². The molecule has 0 fully saturated rings. The maximum Gasteiger partial charge on any atom is 0.396 e. The number of nitrogens with one attached hydrogen (secondary N) is 3. The fourth-order valence-corrected chi connectivity index (χ4v) is 5.39. The predicted molar refractivity (Wildman–Crippen MR) is 187 cm³/mol. The van der Waals surface area contributed by atoms with Gasteiger partial charge in [0.2, 0.25) is 11.8 Å². The Bertz CT molecular complexity index is 2050. The minimum atomic E-state index is -1.06. The molecule has 4 aromatic carbocycles. The molecule has 0 saturated heterocycles. The Hall–Kier alpha value is -6.23. The molecule has 0 radical (unpaired) electrons. The van der Waals surface area contributed by atoms with Crippen LogP contribution in [0, 0.1) is 6.92 Å². The number of hydrogen-bond acceptors (Lipinski definition) is 7. The highest BCUT2D eigenvalue weighted by atomic mass is 16.5. The van der Waals surface area contributed by atoms with Gasteiger partial charge in [-0.05, 0) is 70.3 Å². The van der Waals surface area contributed by atoms with Crippen molar-refractivity contribution in [2.45, 2.75) is 32.4 Å². The van der Waals surface area contributed by atoms with Gasteiger partial charge in [0, 0.05) is 18.3 Å². The SMILES string of the molecule is COC(=O)C(=O)Nc1ccc(CC(NC(=O)Cc2cccc3ccccc23)C(=O)Nc2c(C)ccn(Cc3ccc(OC)cc3)c2=O)cc1. The molecule has 0 aliphatic heterocycles. The first kappa shape index (κ1) is 34.1. The predicted octanol–water partition coefficient (Wildman–Crippen LogP) is 4.39. The maximum atomic E-state index is 13.9. The molecule has 11 nitrogen and oxygen atoms in total. The van der Waals surface area contributed by atoms with Crippen molar-refractivity contribution in [1.29, 1.82) is 0 Å². The van der Waals surface area contributed by atoms with Gasteiger partial charge in [-0.2, -0.15) is 0 Å². The van der Waals surface area contributed by atoms with Gasteiger partial charge in [0.1, 0.15) is 17.5 Å².